The number of nitrogens with zero attached hydrogens (tertiary/aromatic N) is 2. The van der Waals surface area contributed by atoms with Crippen LogP contribution in [0.5, 0.6) is 0 Å². The van der Waals surface area contributed by atoms with Gasteiger partial charge in [-0.15, -0.1) is 0 Å². The van der Waals surface area contributed by atoms with Crippen molar-refractivity contribution in [2.75, 3.05) is 0 Å². The van der Waals surface area contributed by atoms with E-state index < -0.39 is 0 Å². The number of hydrogen-bond acceptors (Lipinski definition) is 3. The number of nitrogens with one attached hydrogen (secondary N) is 2. The molecule has 1 heterocycles. The molecule has 0 saturated carbocycles. The first-order chi connectivity index (χ1) is 6.77. The number of hydrogen-bond donors (Lipinski definition) is 3. The van der Waals surface area contributed by atoms with Gasteiger partial charge >= 0.3 is 0 Å². The number of aromatic nitrogens is 3. The minimum atomic E-state index is 0.0640. The van der Waals surface area contributed by atoms with Crippen LogP contribution in [-0.2, 0) is 0 Å². The highest BCUT2D eigenvalue weighted by Gasteiger charge is 2.00. The predicted octanol–water partition coefficient (Wildman–Crippen LogP) is 0.756. The zero-order chi connectivity index (χ0) is 9.97. The molecule has 0 aliphatic carbocycles. The van der Waals surface area contributed by atoms with Crippen molar-refractivity contribution >= 4 is 5.84 Å². The van der Waals surface area contributed by atoms with E-state index in [2.05, 4.69) is 15.2 Å². The van der Waals surface area contributed by atoms with E-state index in [4.69, 9.17) is 11.1 Å². The summed E-state index contributed by atoms with van der Waals surface area (Å²) in [5, 5.41) is 13.7. The molecule has 0 atom stereocenters. The van der Waals surface area contributed by atoms with Gasteiger partial charge in [0, 0.05) is 11.1 Å². The van der Waals surface area contributed by atoms with Gasteiger partial charge in [0.2, 0.25) is 0 Å². The topological polar surface area (TPSA) is 91.4 Å². The molecule has 1 aromatic heterocycles. The molecule has 0 saturated heterocycles. The third kappa shape index (κ3) is 1.47. The minimum Gasteiger partial charge on any atom is -0.384 e. The van der Waals surface area contributed by atoms with Crippen LogP contribution in [0.15, 0.2) is 30.6 Å². The summed E-state index contributed by atoms with van der Waals surface area (Å²) >= 11 is 0. The fourth-order valence-corrected chi connectivity index (χ4v) is 1.15. The van der Waals surface area contributed by atoms with Crippen molar-refractivity contribution in [1.82, 2.24) is 15.2 Å². The molecule has 0 bridgehead atoms. The maximum Gasteiger partial charge on any atom is 0.155 e. The van der Waals surface area contributed by atoms with Gasteiger partial charge in [0.15, 0.2) is 5.82 Å². The Labute approximate surface area is 80.5 Å². The monoisotopic (exact) mass is 187 g/mol. The molecule has 14 heavy (non-hydrogen) atoms. The molecule has 1 aromatic carbocycles. The first-order valence-corrected chi connectivity index (χ1v) is 4.07. The molecular weight excluding hydrogens is 178 g/mol. The average Bonchev–Trinajstić information content (AvgIpc) is 2.71. The Morgan fingerprint density at radius 1 is 1.29 bits per heavy atom. The summed E-state index contributed by atoms with van der Waals surface area (Å²) in [6, 6.07) is 7.24. The van der Waals surface area contributed by atoms with Gasteiger partial charge in [0.05, 0.1) is 0 Å². The van der Waals surface area contributed by atoms with Crippen molar-refractivity contribution in [2.45, 2.75) is 0 Å². The third-order valence-electron chi connectivity index (χ3n) is 1.88. The fourth-order valence-electron chi connectivity index (χ4n) is 1.15. The number of H-pyrrole nitrogens is 1. The second-order valence-corrected chi connectivity index (χ2v) is 2.83. The molecule has 2 rings (SSSR count). The zero-order valence-corrected chi connectivity index (χ0v) is 7.36. The first-order valence-electron chi connectivity index (χ1n) is 4.07. The van der Waals surface area contributed by atoms with E-state index in [0.717, 1.165) is 5.56 Å². The Balaban J connectivity index is 2.36. The van der Waals surface area contributed by atoms with Crippen molar-refractivity contribution in [3.05, 3.63) is 36.2 Å². The van der Waals surface area contributed by atoms with Gasteiger partial charge in [-0.25, -0.2) is 4.98 Å². The second kappa shape index (κ2) is 3.29. The largest absolute Gasteiger partial charge is 0.384 e. The molecule has 0 unspecified atom stereocenters. The molecule has 70 valence electrons. The summed E-state index contributed by atoms with van der Waals surface area (Å²) in [6.07, 6.45) is 1.45. The molecular formula is C9H9N5. The fraction of sp³-hybridized carbons (Fsp3) is 0. The van der Waals surface area contributed by atoms with E-state index >= 15 is 0 Å². The lowest BCUT2D eigenvalue weighted by Crippen LogP contribution is -2.10. The van der Waals surface area contributed by atoms with Gasteiger partial charge in [-0.3, -0.25) is 10.5 Å². The van der Waals surface area contributed by atoms with Crippen LogP contribution in [0, 0.1) is 5.41 Å². The van der Waals surface area contributed by atoms with E-state index in [-0.39, 0.29) is 5.84 Å². The number of aromatic amines is 1. The van der Waals surface area contributed by atoms with Crippen molar-refractivity contribution < 1.29 is 0 Å². The van der Waals surface area contributed by atoms with Gasteiger partial charge in [-0.05, 0) is 0 Å². The van der Waals surface area contributed by atoms with Crippen molar-refractivity contribution in [1.29, 1.82) is 5.41 Å². The number of nitrogen functional groups attached to an aromatic ring is 1. The molecule has 0 radical (unpaired) electrons. The molecule has 2 aromatic rings. The van der Waals surface area contributed by atoms with Crippen LogP contribution in [0.25, 0.3) is 11.4 Å². The maximum atomic E-state index is 7.22. The maximum absolute atomic E-state index is 7.22. The Hall–Kier alpha value is -2.17. The zero-order valence-electron chi connectivity index (χ0n) is 7.36. The molecule has 0 amide bonds. The molecule has 0 fully saturated rings. The summed E-state index contributed by atoms with van der Waals surface area (Å²) < 4.78 is 0. The Morgan fingerprint density at radius 3 is 2.50 bits per heavy atom. The van der Waals surface area contributed by atoms with Crippen molar-refractivity contribution in [2.24, 2.45) is 5.73 Å². The normalized spacial score (nSPS) is 10.0. The molecule has 5 heteroatoms. The van der Waals surface area contributed by atoms with E-state index in [1.54, 1.807) is 12.1 Å². The van der Waals surface area contributed by atoms with Gasteiger partial charge in [-0.2, -0.15) is 5.10 Å². The summed E-state index contributed by atoms with van der Waals surface area (Å²) in [5.74, 6) is 0.772. The number of rotatable bonds is 2. The lowest BCUT2D eigenvalue weighted by Gasteiger charge is -1.99. The van der Waals surface area contributed by atoms with Crippen LogP contribution in [0.1, 0.15) is 5.56 Å². The van der Waals surface area contributed by atoms with Gasteiger partial charge in [-0.1, -0.05) is 24.3 Å². The second-order valence-electron chi connectivity index (χ2n) is 2.83. The predicted molar refractivity (Wildman–Crippen MR) is 52.8 cm³/mol. The van der Waals surface area contributed by atoms with Crippen LogP contribution in [0.3, 0.4) is 0 Å². The highest BCUT2D eigenvalue weighted by atomic mass is 15.2. The Morgan fingerprint density at radius 2 is 2.00 bits per heavy atom. The van der Waals surface area contributed by atoms with E-state index in [9.17, 15) is 0 Å². The van der Waals surface area contributed by atoms with Crippen LogP contribution in [0.4, 0.5) is 0 Å². The molecule has 4 N–H and O–H groups in total. The Bertz CT molecular complexity index is 429. The summed E-state index contributed by atoms with van der Waals surface area (Å²) in [7, 11) is 0. The van der Waals surface area contributed by atoms with Crippen LogP contribution in [0.2, 0.25) is 0 Å². The van der Waals surface area contributed by atoms with Crippen LogP contribution < -0.4 is 5.73 Å². The Kier molecular flexibility index (Phi) is 1.98. The molecule has 0 aliphatic heterocycles. The summed E-state index contributed by atoms with van der Waals surface area (Å²) in [4.78, 5) is 4.01. The van der Waals surface area contributed by atoms with E-state index in [1.165, 1.54) is 6.33 Å². The highest BCUT2D eigenvalue weighted by Crippen LogP contribution is 2.13. The van der Waals surface area contributed by atoms with Crippen LogP contribution >= 0.6 is 0 Å². The van der Waals surface area contributed by atoms with Crippen LogP contribution in [-0.4, -0.2) is 21.0 Å². The lowest BCUT2D eigenvalue weighted by atomic mass is 10.1. The van der Waals surface area contributed by atoms with Gasteiger partial charge < -0.3 is 5.73 Å². The average molecular weight is 187 g/mol. The van der Waals surface area contributed by atoms with E-state index in [1.807, 2.05) is 12.1 Å². The standard InChI is InChI=1S/C9H9N5/c10-8(11)6-1-3-7(4-2-6)9-12-5-13-14-9/h1-5H,(H3,10,11)(H,12,13,14). The molecule has 0 spiro atoms. The summed E-state index contributed by atoms with van der Waals surface area (Å²) in [6.45, 7) is 0. The summed E-state index contributed by atoms with van der Waals surface area (Å²) in [5.41, 5.74) is 6.96. The van der Waals surface area contributed by atoms with Gasteiger partial charge in [0.25, 0.3) is 0 Å². The van der Waals surface area contributed by atoms with E-state index in [0.29, 0.717) is 11.4 Å². The SMILES string of the molecule is N=C(N)c1ccc(-c2ncn[nH]2)cc1. The quantitative estimate of drug-likeness (QED) is 0.478. The van der Waals surface area contributed by atoms with Crippen molar-refractivity contribution in [3.63, 3.8) is 0 Å². The molecule has 0 aliphatic rings. The van der Waals surface area contributed by atoms with Gasteiger partial charge in [0.1, 0.15) is 12.2 Å². The highest BCUT2D eigenvalue weighted by molar-refractivity contribution is 5.95. The molecule has 5 nitrogen and oxygen atoms in total. The number of benzene rings is 1. The number of amidine groups is 1. The lowest BCUT2D eigenvalue weighted by molar-refractivity contribution is 1.10. The van der Waals surface area contributed by atoms with Crippen molar-refractivity contribution in [3.8, 4) is 11.4 Å². The smallest absolute Gasteiger partial charge is 0.155 e. The third-order valence-corrected chi connectivity index (χ3v) is 1.88. The first kappa shape index (κ1) is 8.43. The number of nitrogens with two attached hydrogens (primary N) is 1. The minimum absolute atomic E-state index is 0.0640.